The summed E-state index contributed by atoms with van der Waals surface area (Å²) in [5.74, 6) is 3.15. The number of aliphatic hydroxyl groups excluding tert-OH is 1. The first-order chi connectivity index (χ1) is 8.08. The van der Waals surface area contributed by atoms with E-state index in [-0.39, 0.29) is 0 Å². The predicted molar refractivity (Wildman–Crippen MR) is 77.5 cm³/mol. The lowest BCUT2D eigenvalue weighted by Gasteiger charge is -2.40. The molecule has 1 aliphatic carbocycles. The summed E-state index contributed by atoms with van der Waals surface area (Å²) in [4.78, 5) is 0. The molecule has 1 aliphatic rings. The summed E-state index contributed by atoms with van der Waals surface area (Å²) in [6.07, 6.45) is 2.66. The molecule has 0 saturated heterocycles. The SMILES string of the molecule is CCNC1CC(C)CC(C)C1SCC(C)CO. The molecule has 17 heavy (non-hydrogen) atoms. The summed E-state index contributed by atoms with van der Waals surface area (Å²) in [6.45, 7) is 10.5. The van der Waals surface area contributed by atoms with E-state index >= 15 is 0 Å². The number of thioether (sulfide) groups is 1. The van der Waals surface area contributed by atoms with E-state index in [0.717, 1.165) is 29.4 Å². The van der Waals surface area contributed by atoms with Crippen LogP contribution in [0.25, 0.3) is 0 Å². The summed E-state index contributed by atoms with van der Waals surface area (Å²) < 4.78 is 0. The van der Waals surface area contributed by atoms with Gasteiger partial charge in [0.2, 0.25) is 0 Å². The van der Waals surface area contributed by atoms with Crippen LogP contribution in [-0.2, 0) is 0 Å². The van der Waals surface area contributed by atoms with Crippen LogP contribution in [0.3, 0.4) is 0 Å². The molecule has 0 aromatic carbocycles. The van der Waals surface area contributed by atoms with E-state index in [1.165, 1.54) is 12.8 Å². The third kappa shape index (κ3) is 4.80. The first kappa shape index (κ1) is 15.3. The van der Waals surface area contributed by atoms with Gasteiger partial charge in [-0.15, -0.1) is 0 Å². The van der Waals surface area contributed by atoms with Crippen LogP contribution in [0.1, 0.15) is 40.5 Å². The third-order valence-corrected chi connectivity index (χ3v) is 5.68. The van der Waals surface area contributed by atoms with E-state index in [0.29, 0.717) is 18.6 Å². The maximum Gasteiger partial charge on any atom is 0.0464 e. The van der Waals surface area contributed by atoms with Crippen molar-refractivity contribution < 1.29 is 5.11 Å². The summed E-state index contributed by atoms with van der Waals surface area (Å²) in [6, 6.07) is 0.662. The van der Waals surface area contributed by atoms with E-state index in [1.54, 1.807) is 0 Å². The van der Waals surface area contributed by atoms with Crippen molar-refractivity contribution in [3.05, 3.63) is 0 Å². The molecule has 2 nitrogen and oxygen atoms in total. The smallest absolute Gasteiger partial charge is 0.0464 e. The van der Waals surface area contributed by atoms with Gasteiger partial charge in [-0.1, -0.05) is 27.7 Å². The van der Waals surface area contributed by atoms with E-state index in [1.807, 2.05) is 0 Å². The van der Waals surface area contributed by atoms with Crippen molar-refractivity contribution in [1.82, 2.24) is 5.32 Å². The Morgan fingerprint density at radius 2 is 2.06 bits per heavy atom. The molecule has 0 aromatic rings. The van der Waals surface area contributed by atoms with Gasteiger partial charge in [0.1, 0.15) is 0 Å². The molecule has 1 saturated carbocycles. The van der Waals surface area contributed by atoms with Gasteiger partial charge in [0.05, 0.1) is 0 Å². The van der Waals surface area contributed by atoms with Crippen LogP contribution in [0.2, 0.25) is 0 Å². The average Bonchev–Trinajstić information content (AvgIpc) is 2.27. The van der Waals surface area contributed by atoms with E-state index in [9.17, 15) is 0 Å². The molecule has 0 spiro atoms. The Morgan fingerprint density at radius 3 is 2.65 bits per heavy atom. The summed E-state index contributed by atoms with van der Waals surface area (Å²) in [7, 11) is 0. The fourth-order valence-electron chi connectivity index (χ4n) is 2.90. The zero-order valence-electron chi connectivity index (χ0n) is 11.8. The fraction of sp³-hybridized carbons (Fsp3) is 1.00. The highest BCUT2D eigenvalue weighted by atomic mass is 32.2. The molecule has 0 bridgehead atoms. The normalized spacial score (nSPS) is 35.8. The van der Waals surface area contributed by atoms with Crippen LogP contribution in [0.5, 0.6) is 0 Å². The predicted octanol–water partition coefficient (Wildman–Crippen LogP) is 2.76. The van der Waals surface area contributed by atoms with Gasteiger partial charge in [-0.05, 0) is 42.9 Å². The van der Waals surface area contributed by atoms with E-state index in [2.05, 4.69) is 44.8 Å². The minimum atomic E-state index is 0.316. The molecule has 0 aliphatic heterocycles. The second kappa shape index (κ2) is 7.65. The first-order valence-corrected chi connectivity index (χ1v) is 8.09. The highest BCUT2D eigenvalue weighted by molar-refractivity contribution is 8.00. The third-order valence-electron chi connectivity index (χ3n) is 3.74. The standard InChI is InChI=1S/C14H29NOS/c1-5-15-13-7-10(2)6-12(4)14(13)17-9-11(3)8-16/h10-16H,5-9H2,1-4H3. The average molecular weight is 259 g/mol. The molecule has 3 heteroatoms. The Balaban J connectivity index is 2.51. The summed E-state index contributed by atoms with van der Waals surface area (Å²) >= 11 is 2.07. The fourth-order valence-corrected chi connectivity index (χ4v) is 4.43. The van der Waals surface area contributed by atoms with Crippen molar-refractivity contribution in [2.24, 2.45) is 17.8 Å². The molecule has 1 fully saturated rings. The number of hydrogen-bond acceptors (Lipinski definition) is 3. The molecule has 0 radical (unpaired) electrons. The molecular weight excluding hydrogens is 230 g/mol. The van der Waals surface area contributed by atoms with Gasteiger partial charge >= 0.3 is 0 Å². The van der Waals surface area contributed by atoms with Crippen LogP contribution in [0.4, 0.5) is 0 Å². The van der Waals surface area contributed by atoms with Gasteiger partial charge in [0.25, 0.3) is 0 Å². The molecule has 5 unspecified atom stereocenters. The lowest BCUT2D eigenvalue weighted by molar-refractivity contribution is 0.244. The Labute approximate surface area is 111 Å². The van der Waals surface area contributed by atoms with Crippen molar-refractivity contribution in [2.75, 3.05) is 18.9 Å². The minimum absolute atomic E-state index is 0.316. The van der Waals surface area contributed by atoms with Crippen molar-refractivity contribution in [1.29, 1.82) is 0 Å². The quantitative estimate of drug-likeness (QED) is 0.769. The van der Waals surface area contributed by atoms with Gasteiger partial charge in [0, 0.05) is 17.9 Å². The molecule has 0 aromatic heterocycles. The monoisotopic (exact) mass is 259 g/mol. The zero-order valence-corrected chi connectivity index (χ0v) is 12.6. The van der Waals surface area contributed by atoms with E-state index < -0.39 is 0 Å². The highest BCUT2D eigenvalue weighted by Crippen LogP contribution is 2.37. The van der Waals surface area contributed by atoms with Crippen LogP contribution in [0, 0.1) is 17.8 Å². The summed E-state index contributed by atoms with van der Waals surface area (Å²) in [5.41, 5.74) is 0. The molecule has 102 valence electrons. The summed E-state index contributed by atoms with van der Waals surface area (Å²) in [5, 5.41) is 13.5. The number of nitrogens with one attached hydrogen (secondary N) is 1. The molecule has 1 rings (SSSR count). The lowest BCUT2D eigenvalue weighted by atomic mass is 9.80. The molecule has 0 amide bonds. The molecule has 0 heterocycles. The van der Waals surface area contributed by atoms with Gasteiger partial charge in [-0.25, -0.2) is 0 Å². The Hall–Kier alpha value is 0.270. The second-order valence-corrected chi connectivity index (χ2v) is 7.01. The minimum Gasteiger partial charge on any atom is -0.396 e. The number of hydrogen-bond donors (Lipinski definition) is 2. The van der Waals surface area contributed by atoms with Crippen LogP contribution in [-0.4, -0.2) is 35.3 Å². The molecule has 2 N–H and O–H groups in total. The van der Waals surface area contributed by atoms with Gasteiger partial charge < -0.3 is 10.4 Å². The van der Waals surface area contributed by atoms with Crippen molar-refractivity contribution in [2.45, 2.75) is 51.8 Å². The Morgan fingerprint density at radius 1 is 1.35 bits per heavy atom. The van der Waals surface area contributed by atoms with Gasteiger partial charge in [-0.3, -0.25) is 0 Å². The van der Waals surface area contributed by atoms with Gasteiger partial charge in [0.15, 0.2) is 0 Å². The topological polar surface area (TPSA) is 32.3 Å². The van der Waals surface area contributed by atoms with Crippen LogP contribution < -0.4 is 5.32 Å². The molecule has 5 atom stereocenters. The highest BCUT2D eigenvalue weighted by Gasteiger charge is 2.33. The number of aliphatic hydroxyl groups is 1. The molecular formula is C14H29NOS. The second-order valence-electron chi connectivity index (χ2n) is 5.80. The largest absolute Gasteiger partial charge is 0.396 e. The first-order valence-electron chi connectivity index (χ1n) is 7.04. The van der Waals surface area contributed by atoms with Crippen LogP contribution in [0.15, 0.2) is 0 Å². The van der Waals surface area contributed by atoms with Gasteiger partial charge in [-0.2, -0.15) is 11.8 Å². The van der Waals surface area contributed by atoms with Crippen molar-refractivity contribution in [3.8, 4) is 0 Å². The maximum absolute atomic E-state index is 9.11. The Kier molecular flexibility index (Phi) is 6.90. The maximum atomic E-state index is 9.11. The Bertz CT molecular complexity index is 212. The zero-order chi connectivity index (χ0) is 12.8. The lowest BCUT2D eigenvalue weighted by Crippen LogP contribution is -2.46. The van der Waals surface area contributed by atoms with E-state index in [4.69, 9.17) is 5.11 Å². The van der Waals surface area contributed by atoms with Crippen LogP contribution >= 0.6 is 11.8 Å². The van der Waals surface area contributed by atoms with Crippen molar-refractivity contribution in [3.63, 3.8) is 0 Å². The van der Waals surface area contributed by atoms with Crippen molar-refractivity contribution >= 4 is 11.8 Å². The number of rotatable bonds is 6.